The maximum atomic E-state index is 10.4. The quantitative estimate of drug-likeness (QED) is 0.359. The third-order valence-electron chi connectivity index (χ3n) is 1.01. The standard InChI is InChI=1S/C6H13NO2SSe/c1-2-3-11-7-5(4-10)6(8)9/h5,7,10H,2-4H2,1H3,(H,8,9). The molecule has 0 saturated heterocycles. The molecule has 5 heteroatoms. The van der Waals surface area contributed by atoms with Crippen molar-refractivity contribution in [2.24, 2.45) is 0 Å². The normalized spacial score (nSPS) is 12.9. The van der Waals surface area contributed by atoms with Crippen molar-refractivity contribution in [1.29, 1.82) is 0 Å². The molecule has 0 radical (unpaired) electrons. The van der Waals surface area contributed by atoms with Crippen LogP contribution < -0.4 is 4.33 Å². The molecule has 0 aliphatic carbocycles. The van der Waals surface area contributed by atoms with E-state index in [4.69, 9.17) is 5.11 Å². The van der Waals surface area contributed by atoms with Gasteiger partial charge in [-0.15, -0.1) is 0 Å². The maximum absolute atomic E-state index is 10.4. The number of hydrogen-bond donors (Lipinski definition) is 3. The molecule has 0 bridgehead atoms. The van der Waals surface area contributed by atoms with E-state index in [-0.39, 0.29) is 15.2 Å². The molecule has 3 nitrogen and oxygen atoms in total. The van der Waals surface area contributed by atoms with E-state index >= 15 is 0 Å². The van der Waals surface area contributed by atoms with Gasteiger partial charge in [-0.25, -0.2) is 0 Å². The zero-order valence-electron chi connectivity index (χ0n) is 6.41. The van der Waals surface area contributed by atoms with Gasteiger partial charge in [0.15, 0.2) is 0 Å². The molecule has 0 fully saturated rings. The number of nitrogens with one attached hydrogen (secondary N) is 1. The molecule has 0 spiro atoms. The Morgan fingerprint density at radius 2 is 2.45 bits per heavy atom. The number of aliphatic carboxylic acids is 1. The van der Waals surface area contributed by atoms with Gasteiger partial charge in [0.25, 0.3) is 0 Å². The van der Waals surface area contributed by atoms with Crippen LogP contribution in [-0.2, 0) is 4.79 Å². The first-order valence-corrected chi connectivity index (χ1v) is 6.13. The molecule has 0 amide bonds. The Bertz CT molecular complexity index is 123. The van der Waals surface area contributed by atoms with Crippen LogP contribution in [0.25, 0.3) is 0 Å². The van der Waals surface area contributed by atoms with E-state index in [9.17, 15) is 4.79 Å². The Morgan fingerprint density at radius 3 is 2.82 bits per heavy atom. The summed E-state index contributed by atoms with van der Waals surface area (Å²) < 4.78 is 2.96. The number of thiol groups is 1. The van der Waals surface area contributed by atoms with Gasteiger partial charge in [0, 0.05) is 0 Å². The Hall–Kier alpha value is 0.299. The van der Waals surface area contributed by atoms with Gasteiger partial charge in [-0.3, -0.25) is 0 Å². The van der Waals surface area contributed by atoms with Gasteiger partial charge < -0.3 is 0 Å². The summed E-state index contributed by atoms with van der Waals surface area (Å²) in [6, 6.07) is -0.468. The van der Waals surface area contributed by atoms with Crippen molar-refractivity contribution >= 4 is 33.8 Å². The van der Waals surface area contributed by atoms with E-state index in [1.165, 1.54) is 0 Å². The number of carboxylic acids is 1. The van der Waals surface area contributed by atoms with Crippen LogP contribution in [0.15, 0.2) is 0 Å². The van der Waals surface area contributed by atoms with Gasteiger partial charge in [-0.2, -0.15) is 0 Å². The minimum atomic E-state index is -0.807. The van der Waals surface area contributed by atoms with Crippen LogP contribution in [0.4, 0.5) is 0 Å². The first-order chi connectivity index (χ1) is 5.22. The summed E-state index contributed by atoms with van der Waals surface area (Å²) in [4.78, 5) is 10.4. The number of carboxylic acid groups (broad SMARTS) is 1. The van der Waals surface area contributed by atoms with Gasteiger partial charge >= 0.3 is 78.5 Å². The van der Waals surface area contributed by atoms with E-state index in [2.05, 4.69) is 23.9 Å². The zero-order valence-corrected chi connectivity index (χ0v) is 9.02. The van der Waals surface area contributed by atoms with Crippen molar-refractivity contribution in [3.63, 3.8) is 0 Å². The van der Waals surface area contributed by atoms with E-state index < -0.39 is 12.0 Å². The summed E-state index contributed by atoms with van der Waals surface area (Å²) >= 11 is 4.17. The molecule has 0 aromatic heterocycles. The summed E-state index contributed by atoms with van der Waals surface area (Å²) in [6.45, 7) is 2.08. The Labute approximate surface area is 78.7 Å². The minimum absolute atomic E-state index is 0.251. The Kier molecular flexibility index (Phi) is 7.17. The SMILES string of the molecule is CCC[Se]NC(CS)C(=O)O. The van der Waals surface area contributed by atoms with Crippen molar-refractivity contribution in [1.82, 2.24) is 4.33 Å². The van der Waals surface area contributed by atoms with Crippen LogP contribution in [0.3, 0.4) is 0 Å². The van der Waals surface area contributed by atoms with Crippen LogP contribution in [0.1, 0.15) is 13.3 Å². The molecule has 0 saturated carbocycles. The van der Waals surface area contributed by atoms with Gasteiger partial charge in [-0.05, 0) is 0 Å². The third-order valence-corrected chi connectivity index (χ3v) is 3.61. The predicted octanol–water partition coefficient (Wildman–Crippen LogP) is 0.406. The molecule has 0 rings (SSSR count). The molecule has 0 aromatic rings. The average molecular weight is 242 g/mol. The fraction of sp³-hybridized carbons (Fsp3) is 0.833. The van der Waals surface area contributed by atoms with Crippen molar-refractivity contribution in [3.05, 3.63) is 0 Å². The molecule has 11 heavy (non-hydrogen) atoms. The summed E-state index contributed by atoms with van der Waals surface area (Å²) in [5.74, 6) is -0.446. The fourth-order valence-electron chi connectivity index (χ4n) is 0.427. The molecule has 0 aliphatic heterocycles. The van der Waals surface area contributed by atoms with E-state index in [1.807, 2.05) is 0 Å². The molecule has 1 unspecified atom stereocenters. The van der Waals surface area contributed by atoms with E-state index in [0.717, 1.165) is 11.7 Å². The Morgan fingerprint density at radius 1 is 1.82 bits per heavy atom. The number of hydrogen-bond acceptors (Lipinski definition) is 3. The van der Waals surface area contributed by atoms with E-state index in [1.54, 1.807) is 0 Å². The monoisotopic (exact) mass is 243 g/mol. The van der Waals surface area contributed by atoms with Crippen molar-refractivity contribution in [3.8, 4) is 0 Å². The molecule has 1 atom stereocenters. The van der Waals surface area contributed by atoms with Crippen molar-refractivity contribution in [2.45, 2.75) is 24.7 Å². The van der Waals surface area contributed by atoms with Crippen LogP contribution in [0.2, 0.25) is 5.32 Å². The molecule has 66 valence electrons. The summed E-state index contributed by atoms with van der Waals surface area (Å²) in [5.41, 5.74) is 0. The summed E-state index contributed by atoms with van der Waals surface area (Å²) in [6.07, 6.45) is 1.10. The van der Waals surface area contributed by atoms with Crippen LogP contribution in [0.5, 0.6) is 0 Å². The van der Waals surface area contributed by atoms with Crippen molar-refractivity contribution < 1.29 is 9.90 Å². The second-order valence-electron chi connectivity index (χ2n) is 2.04. The molecule has 2 N–H and O–H groups in total. The molecule has 0 heterocycles. The molecular weight excluding hydrogens is 229 g/mol. The second kappa shape index (κ2) is 6.98. The third kappa shape index (κ3) is 5.56. The van der Waals surface area contributed by atoms with Crippen LogP contribution >= 0.6 is 12.6 Å². The van der Waals surface area contributed by atoms with Crippen LogP contribution in [0, 0.1) is 0 Å². The average Bonchev–Trinajstić information content (AvgIpc) is 1.97. The first-order valence-electron chi connectivity index (χ1n) is 3.43. The van der Waals surface area contributed by atoms with Gasteiger partial charge in [0.1, 0.15) is 0 Å². The fourth-order valence-corrected chi connectivity index (χ4v) is 2.44. The number of carbonyl (C=O) groups is 1. The van der Waals surface area contributed by atoms with E-state index in [0.29, 0.717) is 5.75 Å². The Balaban J connectivity index is 3.44. The predicted molar refractivity (Wildman–Crippen MR) is 49.3 cm³/mol. The molecule has 0 aromatic carbocycles. The zero-order chi connectivity index (χ0) is 8.69. The topological polar surface area (TPSA) is 49.3 Å². The second-order valence-corrected chi connectivity index (χ2v) is 4.36. The summed E-state index contributed by atoms with van der Waals surface area (Å²) in [7, 11) is 0. The van der Waals surface area contributed by atoms with Crippen LogP contribution in [-0.4, -0.2) is 38.0 Å². The van der Waals surface area contributed by atoms with Gasteiger partial charge in [-0.1, -0.05) is 0 Å². The molecule has 0 aliphatic rings. The summed E-state index contributed by atoms with van der Waals surface area (Å²) in [5, 5.41) is 9.65. The van der Waals surface area contributed by atoms with Crippen molar-refractivity contribution in [2.75, 3.05) is 5.75 Å². The first kappa shape index (κ1) is 11.3. The van der Waals surface area contributed by atoms with Gasteiger partial charge in [0.05, 0.1) is 0 Å². The molecular formula is C6H13NO2SSe. The van der Waals surface area contributed by atoms with Gasteiger partial charge in [0.2, 0.25) is 0 Å². The number of rotatable bonds is 6.